The molecule has 62 valence electrons. The topological polar surface area (TPSA) is 63.4 Å². The highest BCUT2D eigenvalue weighted by atomic mass is 16.6. The number of nitro benzene ring substituents is 1. The lowest BCUT2D eigenvalue weighted by molar-refractivity contribution is -0.384. The van der Waals surface area contributed by atoms with Crippen LogP contribution in [0.2, 0.25) is 6.82 Å². The number of nitro groups is 1. The predicted molar refractivity (Wildman–Crippen MR) is 46.6 cm³/mol. The molecule has 0 radical (unpaired) electrons. The summed E-state index contributed by atoms with van der Waals surface area (Å²) in [5.41, 5.74) is 0.567. The molecule has 5 heteroatoms. The van der Waals surface area contributed by atoms with Crippen LogP contribution in [0.25, 0.3) is 0 Å². The smallest absolute Gasteiger partial charge is 0.320 e. The van der Waals surface area contributed by atoms with Crippen LogP contribution in [0.5, 0.6) is 0 Å². The summed E-state index contributed by atoms with van der Waals surface area (Å²) in [6.45, 7) is 0.906. The van der Waals surface area contributed by atoms with Gasteiger partial charge in [-0.05, 0) is 5.46 Å². The Morgan fingerprint density at radius 3 is 2.75 bits per heavy atom. The van der Waals surface area contributed by atoms with Gasteiger partial charge in [-0.15, -0.1) is 0 Å². The summed E-state index contributed by atoms with van der Waals surface area (Å²) in [5, 5.41) is 19.4. The Labute approximate surface area is 70.1 Å². The average Bonchev–Trinajstić information content (AvgIpc) is 2.04. The minimum atomic E-state index is -0.662. The van der Waals surface area contributed by atoms with Crippen molar-refractivity contribution in [2.24, 2.45) is 0 Å². The Kier molecular flexibility index (Phi) is 2.45. The van der Waals surface area contributed by atoms with Crippen LogP contribution in [0.1, 0.15) is 0 Å². The largest absolute Gasteiger partial charge is 0.446 e. The zero-order chi connectivity index (χ0) is 9.14. The van der Waals surface area contributed by atoms with Gasteiger partial charge < -0.3 is 5.02 Å². The van der Waals surface area contributed by atoms with Crippen molar-refractivity contribution in [3.05, 3.63) is 34.4 Å². The normalized spacial score (nSPS) is 9.50. The number of nitrogens with zero attached hydrogens (tertiary/aromatic N) is 1. The molecule has 0 aromatic heterocycles. The van der Waals surface area contributed by atoms with Gasteiger partial charge in [0, 0.05) is 12.1 Å². The van der Waals surface area contributed by atoms with Gasteiger partial charge in [-0.2, -0.15) is 0 Å². The molecule has 0 bridgehead atoms. The Morgan fingerprint density at radius 1 is 1.58 bits per heavy atom. The molecule has 0 fully saturated rings. The fourth-order valence-corrected chi connectivity index (χ4v) is 0.898. The summed E-state index contributed by atoms with van der Waals surface area (Å²) in [7, 11) is 0. The van der Waals surface area contributed by atoms with Crippen LogP contribution in [0, 0.1) is 10.1 Å². The molecule has 0 amide bonds. The Balaban J connectivity index is 3.04. The maximum Gasteiger partial charge on any atom is 0.320 e. The molecule has 0 spiro atoms. The van der Waals surface area contributed by atoms with Gasteiger partial charge in [-0.25, -0.2) is 0 Å². The molecule has 0 aliphatic heterocycles. The lowest BCUT2D eigenvalue weighted by Crippen LogP contribution is -2.25. The first-order valence-corrected chi connectivity index (χ1v) is 3.53. The van der Waals surface area contributed by atoms with Gasteiger partial charge in [0.25, 0.3) is 5.69 Å². The quantitative estimate of drug-likeness (QED) is 0.392. The van der Waals surface area contributed by atoms with E-state index in [4.69, 9.17) is 5.02 Å². The molecule has 0 unspecified atom stereocenters. The van der Waals surface area contributed by atoms with Gasteiger partial charge in [0.1, 0.15) is 0 Å². The molecule has 4 nitrogen and oxygen atoms in total. The third kappa shape index (κ3) is 1.82. The van der Waals surface area contributed by atoms with E-state index in [1.165, 1.54) is 12.1 Å². The molecule has 0 atom stereocenters. The van der Waals surface area contributed by atoms with E-state index in [0.29, 0.717) is 5.46 Å². The van der Waals surface area contributed by atoms with Crippen LogP contribution in [0.4, 0.5) is 5.69 Å². The van der Waals surface area contributed by atoms with E-state index >= 15 is 0 Å². The minimum absolute atomic E-state index is 0.00778. The highest BCUT2D eigenvalue weighted by Crippen LogP contribution is 2.06. The molecule has 12 heavy (non-hydrogen) atoms. The van der Waals surface area contributed by atoms with Crippen molar-refractivity contribution in [3.8, 4) is 0 Å². The second-order valence-electron chi connectivity index (χ2n) is 2.53. The van der Waals surface area contributed by atoms with Crippen LogP contribution in [-0.2, 0) is 0 Å². The van der Waals surface area contributed by atoms with E-state index in [-0.39, 0.29) is 5.69 Å². The van der Waals surface area contributed by atoms with E-state index in [2.05, 4.69) is 0 Å². The maximum absolute atomic E-state index is 10.3. The van der Waals surface area contributed by atoms with Crippen molar-refractivity contribution in [2.75, 3.05) is 0 Å². The molecular formula is C7H8BNO3. The van der Waals surface area contributed by atoms with E-state index in [1.807, 2.05) is 0 Å². The summed E-state index contributed by atoms with van der Waals surface area (Å²) in [6, 6.07) is 5.97. The molecule has 1 N–H and O–H groups in total. The molecule has 0 aliphatic rings. The van der Waals surface area contributed by atoms with Crippen LogP contribution >= 0.6 is 0 Å². The van der Waals surface area contributed by atoms with Gasteiger partial charge in [0.2, 0.25) is 0 Å². The molecule has 0 aliphatic carbocycles. The van der Waals surface area contributed by atoms with Crippen LogP contribution in [0.3, 0.4) is 0 Å². The zero-order valence-electron chi connectivity index (χ0n) is 6.60. The van der Waals surface area contributed by atoms with E-state index in [0.717, 1.165) is 0 Å². The maximum atomic E-state index is 10.3. The Bertz CT molecular complexity index is 300. The van der Waals surface area contributed by atoms with Crippen molar-refractivity contribution in [1.82, 2.24) is 0 Å². The van der Waals surface area contributed by atoms with Crippen molar-refractivity contribution in [1.29, 1.82) is 0 Å². The summed E-state index contributed by atoms with van der Waals surface area (Å²) in [6.07, 6.45) is 0. The SMILES string of the molecule is CB(O)c1cccc([N+](=O)[O-])c1. The molecular weight excluding hydrogens is 157 g/mol. The lowest BCUT2D eigenvalue weighted by atomic mass is 9.64. The van der Waals surface area contributed by atoms with E-state index in [1.54, 1.807) is 19.0 Å². The third-order valence-corrected chi connectivity index (χ3v) is 1.56. The number of hydrogen-bond acceptors (Lipinski definition) is 3. The first-order valence-electron chi connectivity index (χ1n) is 3.53. The predicted octanol–water partition coefficient (Wildman–Crippen LogP) is 0.415. The van der Waals surface area contributed by atoms with Gasteiger partial charge >= 0.3 is 6.92 Å². The number of hydrogen-bond donors (Lipinski definition) is 1. The fraction of sp³-hybridized carbons (Fsp3) is 0.143. The standard InChI is InChI=1S/C7H8BNO3/c1-8(10)6-3-2-4-7(5-6)9(11)12/h2-5,10H,1H3. The van der Waals surface area contributed by atoms with Gasteiger partial charge in [-0.3, -0.25) is 10.1 Å². The monoisotopic (exact) mass is 165 g/mol. The van der Waals surface area contributed by atoms with E-state index < -0.39 is 11.8 Å². The molecule has 1 rings (SSSR count). The second-order valence-corrected chi connectivity index (χ2v) is 2.53. The summed E-state index contributed by atoms with van der Waals surface area (Å²) < 4.78 is 0. The van der Waals surface area contributed by atoms with Gasteiger partial charge in [-0.1, -0.05) is 19.0 Å². The van der Waals surface area contributed by atoms with Gasteiger partial charge in [0.05, 0.1) is 4.92 Å². The number of rotatable bonds is 2. The fourth-order valence-electron chi connectivity index (χ4n) is 0.898. The van der Waals surface area contributed by atoms with Crippen LogP contribution < -0.4 is 5.46 Å². The summed E-state index contributed by atoms with van der Waals surface area (Å²) >= 11 is 0. The highest BCUT2D eigenvalue weighted by molar-refractivity contribution is 6.64. The Hall–Kier alpha value is -1.36. The zero-order valence-corrected chi connectivity index (χ0v) is 6.60. The van der Waals surface area contributed by atoms with Crippen molar-refractivity contribution >= 4 is 18.1 Å². The Morgan fingerprint density at radius 2 is 2.25 bits per heavy atom. The third-order valence-electron chi connectivity index (χ3n) is 1.56. The molecule has 0 saturated heterocycles. The number of benzene rings is 1. The first-order chi connectivity index (χ1) is 5.61. The molecule has 1 aromatic rings. The summed E-state index contributed by atoms with van der Waals surface area (Å²) in [5.74, 6) is 0. The van der Waals surface area contributed by atoms with Crippen LogP contribution in [-0.4, -0.2) is 16.9 Å². The minimum Gasteiger partial charge on any atom is -0.446 e. The van der Waals surface area contributed by atoms with Gasteiger partial charge in [0.15, 0.2) is 0 Å². The average molecular weight is 165 g/mol. The molecule has 0 saturated carbocycles. The second kappa shape index (κ2) is 3.36. The molecule has 1 aromatic carbocycles. The van der Waals surface area contributed by atoms with Crippen molar-refractivity contribution in [2.45, 2.75) is 6.82 Å². The van der Waals surface area contributed by atoms with E-state index in [9.17, 15) is 10.1 Å². The lowest BCUT2D eigenvalue weighted by Gasteiger charge is -1.98. The first kappa shape index (κ1) is 8.74. The van der Waals surface area contributed by atoms with Crippen molar-refractivity contribution < 1.29 is 9.95 Å². The number of non-ortho nitro benzene ring substituents is 1. The highest BCUT2D eigenvalue weighted by Gasteiger charge is 2.10. The van der Waals surface area contributed by atoms with Crippen LogP contribution in [0.15, 0.2) is 24.3 Å². The summed E-state index contributed by atoms with van der Waals surface area (Å²) in [4.78, 5) is 9.82. The van der Waals surface area contributed by atoms with Crippen molar-refractivity contribution in [3.63, 3.8) is 0 Å². The molecule has 0 heterocycles.